The molecule has 0 radical (unpaired) electrons. The van der Waals surface area contributed by atoms with Crippen molar-refractivity contribution >= 4 is 27.5 Å². The quantitative estimate of drug-likeness (QED) is 0.273. The first-order chi connectivity index (χ1) is 20.6. The molecular formula is C33H39F2N3O4S. The molecule has 2 amide bonds. The highest BCUT2D eigenvalue weighted by Gasteiger charge is 2.32. The molecule has 0 saturated heterocycles. The Morgan fingerprint density at radius 3 is 2.21 bits per heavy atom. The lowest BCUT2D eigenvalue weighted by Crippen LogP contribution is -2.53. The number of rotatable bonds is 13. The van der Waals surface area contributed by atoms with E-state index in [0.717, 1.165) is 48.2 Å². The zero-order valence-electron chi connectivity index (χ0n) is 24.4. The molecule has 0 aliphatic heterocycles. The van der Waals surface area contributed by atoms with Crippen molar-refractivity contribution in [3.63, 3.8) is 0 Å². The monoisotopic (exact) mass is 611 g/mol. The first kappa shape index (κ1) is 32.1. The summed E-state index contributed by atoms with van der Waals surface area (Å²) in [6.07, 6.45) is 6.27. The van der Waals surface area contributed by atoms with Gasteiger partial charge in [0.2, 0.25) is 21.8 Å². The van der Waals surface area contributed by atoms with Gasteiger partial charge in [-0.05, 0) is 55.2 Å². The third-order valence-electron chi connectivity index (χ3n) is 7.79. The smallest absolute Gasteiger partial charge is 0.243 e. The molecule has 1 fully saturated rings. The Labute approximate surface area is 252 Å². The molecule has 230 valence electrons. The molecular weight excluding hydrogens is 572 g/mol. The standard InChI is InChI=1S/C33H39F2N3O4S/c1-43(41,42)38(29-20-18-27(34)19-21-29)22-10-17-32(39)37(24-26-13-8-9-16-30(26)35)31(23-25-11-4-2-5-12-25)33(40)36-28-14-6-3-7-15-28/h2,4-5,8-9,11-13,16,18-21,28,31H,3,6-7,10,14-15,17,22-24H2,1H3,(H,36,40)/t31-/m0/s1. The summed E-state index contributed by atoms with van der Waals surface area (Å²) in [5, 5.41) is 3.15. The van der Waals surface area contributed by atoms with E-state index in [-0.39, 0.29) is 55.6 Å². The van der Waals surface area contributed by atoms with Crippen molar-refractivity contribution in [1.29, 1.82) is 0 Å². The molecule has 10 heteroatoms. The number of nitrogens with zero attached hydrogens (tertiary/aromatic N) is 2. The molecule has 0 bridgehead atoms. The van der Waals surface area contributed by atoms with Crippen molar-refractivity contribution in [3.8, 4) is 0 Å². The predicted molar refractivity (Wildman–Crippen MR) is 164 cm³/mol. The van der Waals surface area contributed by atoms with Gasteiger partial charge in [-0.15, -0.1) is 0 Å². The Hall–Kier alpha value is -3.79. The number of sulfonamides is 1. The molecule has 1 atom stereocenters. The van der Waals surface area contributed by atoms with Crippen LogP contribution in [0.5, 0.6) is 0 Å². The normalized spacial score (nSPS) is 14.6. The number of amides is 2. The van der Waals surface area contributed by atoms with Crippen molar-refractivity contribution in [2.45, 2.75) is 70.0 Å². The lowest BCUT2D eigenvalue weighted by atomic mass is 9.94. The van der Waals surface area contributed by atoms with Gasteiger partial charge < -0.3 is 10.2 Å². The SMILES string of the molecule is CS(=O)(=O)N(CCCC(=O)N(Cc1ccccc1F)[C@@H](Cc1ccccc1)C(=O)NC1CCCCC1)c1ccc(F)cc1. The highest BCUT2D eigenvalue weighted by molar-refractivity contribution is 7.92. The van der Waals surface area contributed by atoms with Gasteiger partial charge in [-0.3, -0.25) is 13.9 Å². The van der Waals surface area contributed by atoms with Crippen molar-refractivity contribution < 1.29 is 26.8 Å². The molecule has 0 heterocycles. The Bertz CT molecular complexity index is 1460. The van der Waals surface area contributed by atoms with Gasteiger partial charge in [-0.1, -0.05) is 67.8 Å². The first-order valence-electron chi connectivity index (χ1n) is 14.7. The summed E-state index contributed by atoms with van der Waals surface area (Å²) in [5.74, 6) is -1.65. The molecule has 43 heavy (non-hydrogen) atoms. The number of carbonyl (C=O) groups is 2. The van der Waals surface area contributed by atoms with Crippen LogP contribution in [0, 0.1) is 11.6 Å². The van der Waals surface area contributed by atoms with Crippen LogP contribution in [0.3, 0.4) is 0 Å². The number of nitrogens with one attached hydrogen (secondary N) is 1. The minimum absolute atomic E-state index is 0.0176. The Balaban J connectivity index is 1.59. The van der Waals surface area contributed by atoms with E-state index < -0.39 is 33.6 Å². The zero-order chi connectivity index (χ0) is 30.8. The molecule has 0 aromatic heterocycles. The van der Waals surface area contributed by atoms with Gasteiger partial charge in [0.1, 0.15) is 17.7 Å². The van der Waals surface area contributed by atoms with E-state index in [0.29, 0.717) is 0 Å². The fourth-order valence-electron chi connectivity index (χ4n) is 5.52. The molecule has 3 aromatic rings. The van der Waals surface area contributed by atoms with Crippen LogP contribution in [0.2, 0.25) is 0 Å². The highest BCUT2D eigenvalue weighted by atomic mass is 32.2. The molecule has 1 aliphatic carbocycles. The molecule has 1 saturated carbocycles. The second kappa shape index (κ2) is 15.1. The fraction of sp³-hybridized carbons (Fsp3) is 0.394. The Kier molecular flexibility index (Phi) is 11.3. The average molecular weight is 612 g/mol. The van der Waals surface area contributed by atoms with Crippen LogP contribution in [-0.4, -0.2) is 50.0 Å². The van der Waals surface area contributed by atoms with E-state index in [2.05, 4.69) is 5.32 Å². The topological polar surface area (TPSA) is 86.8 Å². The van der Waals surface area contributed by atoms with Gasteiger partial charge in [-0.25, -0.2) is 17.2 Å². The van der Waals surface area contributed by atoms with Crippen LogP contribution in [0.25, 0.3) is 0 Å². The summed E-state index contributed by atoms with van der Waals surface area (Å²) in [6, 6.07) is 19.7. The van der Waals surface area contributed by atoms with Crippen LogP contribution >= 0.6 is 0 Å². The second-order valence-electron chi connectivity index (χ2n) is 11.1. The van der Waals surface area contributed by atoms with E-state index in [1.165, 1.54) is 35.2 Å². The summed E-state index contributed by atoms with van der Waals surface area (Å²) >= 11 is 0. The van der Waals surface area contributed by atoms with Crippen LogP contribution in [-0.2, 0) is 32.6 Å². The lowest BCUT2D eigenvalue weighted by Gasteiger charge is -2.34. The minimum atomic E-state index is -3.72. The summed E-state index contributed by atoms with van der Waals surface area (Å²) in [4.78, 5) is 29.2. The first-order valence-corrected chi connectivity index (χ1v) is 16.6. The molecule has 3 aromatic carbocycles. The number of anilines is 1. The van der Waals surface area contributed by atoms with Crippen LogP contribution in [0.1, 0.15) is 56.1 Å². The van der Waals surface area contributed by atoms with E-state index in [1.807, 2.05) is 30.3 Å². The van der Waals surface area contributed by atoms with Gasteiger partial charge in [0.25, 0.3) is 0 Å². The zero-order valence-corrected chi connectivity index (χ0v) is 25.2. The number of carbonyl (C=O) groups excluding carboxylic acids is 2. The van der Waals surface area contributed by atoms with E-state index in [1.54, 1.807) is 18.2 Å². The molecule has 0 unspecified atom stereocenters. The van der Waals surface area contributed by atoms with Crippen molar-refractivity contribution in [2.24, 2.45) is 0 Å². The summed E-state index contributed by atoms with van der Waals surface area (Å²) in [6.45, 7) is -0.143. The van der Waals surface area contributed by atoms with Crippen LogP contribution < -0.4 is 9.62 Å². The third kappa shape index (κ3) is 9.35. The summed E-state index contributed by atoms with van der Waals surface area (Å²) in [7, 11) is -3.72. The van der Waals surface area contributed by atoms with Crippen LogP contribution in [0.15, 0.2) is 78.9 Å². The minimum Gasteiger partial charge on any atom is -0.352 e. The van der Waals surface area contributed by atoms with Gasteiger partial charge in [0, 0.05) is 37.5 Å². The van der Waals surface area contributed by atoms with E-state index >= 15 is 0 Å². The average Bonchev–Trinajstić information content (AvgIpc) is 2.99. The predicted octanol–water partition coefficient (Wildman–Crippen LogP) is 5.60. The number of hydrogen-bond donors (Lipinski definition) is 1. The summed E-state index contributed by atoms with van der Waals surface area (Å²) < 4.78 is 54.5. The number of benzene rings is 3. The third-order valence-corrected chi connectivity index (χ3v) is 8.98. The molecule has 4 rings (SSSR count). The van der Waals surface area contributed by atoms with Crippen molar-refractivity contribution in [2.75, 3.05) is 17.1 Å². The van der Waals surface area contributed by atoms with E-state index in [9.17, 15) is 26.8 Å². The second-order valence-corrected chi connectivity index (χ2v) is 13.0. The molecule has 7 nitrogen and oxygen atoms in total. The number of hydrogen-bond acceptors (Lipinski definition) is 4. The maximum absolute atomic E-state index is 14.8. The molecule has 1 aliphatic rings. The van der Waals surface area contributed by atoms with Gasteiger partial charge in [0.05, 0.1) is 11.9 Å². The van der Waals surface area contributed by atoms with E-state index in [4.69, 9.17) is 0 Å². The largest absolute Gasteiger partial charge is 0.352 e. The Morgan fingerprint density at radius 2 is 1.56 bits per heavy atom. The maximum atomic E-state index is 14.8. The van der Waals surface area contributed by atoms with Crippen LogP contribution in [0.4, 0.5) is 14.5 Å². The fourth-order valence-corrected chi connectivity index (χ4v) is 6.49. The highest BCUT2D eigenvalue weighted by Crippen LogP contribution is 2.22. The maximum Gasteiger partial charge on any atom is 0.243 e. The van der Waals surface area contributed by atoms with Gasteiger partial charge in [0.15, 0.2) is 0 Å². The van der Waals surface area contributed by atoms with Crippen molar-refractivity contribution in [1.82, 2.24) is 10.2 Å². The van der Waals surface area contributed by atoms with Crippen molar-refractivity contribution in [3.05, 3.63) is 102 Å². The number of halogens is 2. The lowest BCUT2D eigenvalue weighted by molar-refractivity contribution is -0.141. The molecule has 0 spiro atoms. The molecule has 1 N–H and O–H groups in total. The van der Waals surface area contributed by atoms with Gasteiger partial charge in [-0.2, -0.15) is 0 Å². The van der Waals surface area contributed by atoms with Gasteiger partial charge >= 0.3 is 0 Å². The summed E-state index contributed by atoms with van der Waals surface area (Å²) in [5.41, 5.74) is 1.43. The Morgan fingerprint density at radius 1 is 0.907 bits per heavy atom.